The molecule has 0 aromatic carbocycles. The molecule has 0 atom stereocenters. The molecule has 1 aliphatic carbocycles. The highest BCUT2D eigenvalue weighted by Crippen LogP contribution is 2.33. The maximum atomic E-state index is 4.78. The van der Waals surface area contributed by atoms with Crippen molar-refractivity contribution < 1.29 is 0 Å². The summed E-state index contributed by atoms with van der Waals surface area (Å²) in [5.41, 5.74) is 0.374. The maximum Gasteiger partial charge on any atom is 0.0353 e. The topological polar surface area (TPSA) is 14.1 Å². The highest BCUT2D eigenvalue weighted by molar-refractivity contribution is 4.89. The lowest BCUT2D eigenvalue weighted by Gasteiger charge is -2.36. The van der Waals surface area contributed by atoms with Crippen LogP contribution in [-0.2, 0) is 0 Å². The van der Waals surface area contributed by atoms with Gasteiger partial charge in [0.25, 0.3) is 0 Å². The van der Waals surface area contributed by atoms with Crippen molar-refractivity contribution in [1.29, 1.82) is 0 Å². The van der Waals surface area contributed by atoms with Crippen molar-refractivity contribution in [2.45, 2.75) is 141 Å². The molecule has 1 fully saturated rings. The fourth-order valence-corrected chi connectivity index (χ4v) is 4.50. The summed E-state index contributed by atoms with van der Waals surface area (Å²) < 4.78 is 0. The van der Waals surface area contributed by atoms with Crippen LogP contribution in [0.2, 0.25) is 0 Å². The molecule has 153 valence electrons. The van der Waals surface area contributed by atoms with Crippen molar-refractivity contribution in [2.24, 2.45) is 0 Å². The predicted molar refractivity (Wildman–Crippen MR) is 118 cm³/mol. The molecule has 0 aromatic heterocycles. The number of rotatable bonds is 17. The normalized spacial score (nSPS) is 17.2. The van der Waals surface area contributed by atoms with Gasteiger partial charge < -0.3 is 0 Å². The molecule has 0 N–H and O–H groups in total. The SMILES string of the molecule is CCCCCCCCC=CCCCCCCCCC1([N]C)CCCCC1. The Morgan fingerprint density at radius 1 is 0.654 bits per heavy atom. The monoisotopic (exact) mass is 362 g/mol. The van der Waals surface area contributed by atoms with E-state index in [1.54, 1.807) is 0 Å². The molecule has 26 heavy (non-hydrogen) atoms. The average molecular weight is 363 g/mol. The minimum Gasteiger partial charge on any atom is -0.238 e. The highest BCUT2D eigenvalue weighted by atomic mass is 14.9. The van der Waals surface area contributed by atoms with E-state index in [1.165, 1.54) is 128 Å². The summed E-state index contributed by atoms with van der Waals surface area (Å²) in [6.07, 6.45) is 32.7. The Bertz CT molecular complexity index is 314. The van der Waals surface area contributed by atoms with Gasteiger partial charge in [-0.3, -0.25) is 0 Å². The molecular formula is C25H48N. The Hall–Kier alpha value is -0.300. The molecule has 0 bridgehead atoms. The molecule has 0 aliphatic heterocycles. The molecule has 0 unspecified atom stereocenters. The zero-order valence-electron chi connectivity index (χ0n) is 18.2. The summed E-state index contributed by atoms with van der Waals surface area (Å²) in [4.78, 5) is 0. The second-order valence-corrected chi connectivity index (χ2v) is 8.70. The number of unbranched alkanes of at least 4 members (excludes halogenated alkanes) is 12. The predicted octanol–water partition coefficient (Wildman–Crippen LogP) is 8.35. The lowest BCUT2D eigenvalue weighted by molar-refractivity contribution is 0.218. The quantitative estimate of drug-likeness (QED) is 0.182. The van der Waals surface area contributed by atoms with Crippen molar-refractivity contribution in [1.82, 2.24) is 5.32 Å². The Labute approximate surface area is 165 Å². The van der Waals surface area contributed by atoms with E-state index in [4.69, 9.17) is 5.32 Å². The van der Waals surface area contributed by atoms with Gasteiger partial charge in [-0.1, -0.05) is 103 Å². The van der Waals surface area contributed by atoms with Gasteiger partial charge in [0.05, 0.1) is 0 Å². The molecular weight excluding hydrogens is 314 g/mol. The highest BCUT2D eigenvalue weighted by Gasteiger charge is 2.30. The second kappa shape index (κ2) is 16.8. The van der Waals surface area contributed by atoms with Crippen LogP contribution in [0.15, 0.2) is 12.2 Å². The van der Waals surface area contributed by atoms with Crippen LogP contribution in [0, 0.1) is 0 Å². The Morgan fingerprint density at radius 3 is 1.69 bits per heavy atom. The van der Waals surface area contributed by atoms with Crippen molar-refractivity contribution >= 4 is 0 Å². The van der Waals surface area contributed by atoms with Crippen LogP contribution in [0.5, 0.6) is 0 Å². The van der Waals surface area contributed by atoms with Crippen molar-refractivity contribution in [2.75, 3.05) is 7.05 Å². The Morgan fingerprint density at radius 2 is 1.15 bits per heavy atom. The van der Waals surface area contributed by atoms with E-state index < -0.39 is 0 Å². The third-order valence-electron chi connectivity index (χ3n) is 6.41. The van der Waals surface area contributed by atoms with Crippen LogP contribution < -0.4 is 5.32 Å². The maximum absolute atomic E-state index is 4.78. The van der Waals surface area contributed by atoms with Crippen LogP contribution in [-0.4, -0.2) is 12.6 Å². The first-order valence-corrected chi connectivity index (χ1v) is 12.1. The zero-order chi connectivity index (χ0) is 18.8. The summed E-state index contributed by atoms with van der Waals surface area (Å²) in [5, 5.41) is 4.78. The molecule has 0 heterocycles. The van der Waals surface area contributed by atoms with Gasteiger partial charge >= 0.3 is 0 Å². The smallest absolute Gasteiger partial charge is 0.0353 e. The van der Waals surface area contributed by atoms with Crippen LogP contribution in [0.4, 0.5) is 0 Å². The van der Waals surface area contributed by atoms with E-state index in [1.807, 2.05) is 0 Å². The van der Waals surface area contributed by atoms with Gasteiger partial charge in [0.1, 0.15) is 0 Å². The van der Waals surface area contributed by atoms with Gasteiger partial charge in [0, 0.05) is 12.6 Å². The standard InChI is InChI=1S/C25H48N/c1-3-4-5-6-7-8-9-10-11-12-13-14-15-16-17-19-22-25(26-2)23-20-18-21-24-25/h10-11H,3-9,12-24H2,1-2H3. The van der Waals surface area contributed by atoms with Gasteiger partial charge in [-0.15, -0.1) is 0 Å². The first-order chi connectivity index (χ1) is 12.8. The van der Waals surface area contributed by atoms with Gasteiger partial charge in [-0.25, -0.2) is 5.32 Å². The molecule has 1 rings (SSSR count). The summed E-state index contributed by atoms with van der Waals surface area (Å²) in [6, 6.07) is 0. The van der Waals surface area contributed by atoms with E-state index in [-0.39, 0.29) is 0 Å². The first kappa shape index (κ1) is 23.7. The molecule has 0 amide bonds. The van der Waals surface area contributed by atoms with Crippen LogP contribution >= 0.6 is 0 Å². The third kappa shape index (κ3) is 12.2. The van der Waals surface area contributed by atoms with Crippen molar-refractivity contribution in [3.8, 4) is 0 Å². The fourth-order valence-electron chi connectivity index (χ4n) is 4.50. The zero-order valence-corrected chi connectivity index (χ0v) is 18.2. The summed E-state index contributed by atoms with van der Waals surface area (Å²) in [5.74, 6) is 0. The van der Waals surface area contributed by atoms with Crippen LogP contribution in [0.1, 0.15) is 135 Å². The number of hydrogen-bond donors (Lipinski definition) is 0. The second-order valence-electron chi connectivity index (χ2n) is 8.70. The average Bonchev–Trinajstić information content (AvgIpc) is 2.68. The van der Waals surface area contributed by atoms with E-state index in [0.717, 1.165) is 0 Å². The number of nitrogens with zero attached hydrogens (tertiary/aromatic N) is 1. The Balaban J connectivity index is 1.82. The lowest BCUT2D eigenvalue weighted by atomic mass is 9.78. The van der Waals surface area contributed by atoms with E-state index in [2.05, 4.69) is 26.1 Å². The molecule has 1 aliphatic rings. The van der Waals surface area contributed by atoms with Crippen molar-refractivity contribution in [3.05, 3.63) is 12.2 Å². The van der Waals surface area contributed by atoms with Crippen LogP contribution in [0.3, 0.4) is 0 Å². The fraction of sp³-hybridized carbons (Fsp3) is 0.920. The minimum absolute atomic E-state index is 0.374. The van der Waals surface area contributed by atoms with Gasteiger partial charge in [0.2, 0.25) is 0 Å². The van der Waals surface area contributed by atoms with E-state index in [9.17, 15) is 0 Å². The van der Waals surface area contributed by atoms with Crippen molar-refractivity contribution in [3.63, 3.8) is 0 Å². The molecule has 0 saturated heterocycles. The summed E-state index contributed by atoms with van der Waals surface area (Å²) in [6.45, 7) is 2.29. The summed E-state index contributed by atoms with van der Waals surface area (Å²) >= 11 is 0. The first-order valence-electron chi connectivity index (χ1n) is 12.1. The van der Waals surface area contributed by atoms with E-state index >= 15 is 0 Å². The number of hydrogen-bond acceptors (Lipinski definition) is 0. The molecule has 0 aromatic rings. The molecule has 1 nitrogen and oxygen atoms in total. The Kier molecular flexibility index (Phi) is 15.4. The summed E-state index contributed by atoms with van der Waals surface area (Å²) in [7, 11) is 2.06. The van der Waals surface area contributed by atoms with E-state index in [0.29, 0.717) is 5.54 Å². The molecule has 1 radical (unpaired) electrons. The van der Waals surface area contributed by atoms with Gasteiger partial charge in [-0.2, -0.15) is 0 Å². The van der Waals surface area contributed by atoms with Gasteiger partial charge in [-0.05, 0) is 44.9 Å². The van der Waals surface area contributed by atoms with Crippen LogP contribution in [0.25, 0.3) is 0 Å². The molecule has 1 heteroatoms. The minimum atomic E-state index is 0.374. The van der Waals surface area contributed by atoms with Gasteiger partial charge in [0.15, 0.2) is 0 Å². The molecule has 1 saturated carbocycles. The number of allylic oxidation sites excluding steroid dienone is 2. The lowest BCUT2D eigenvalue weighted by Crippen LogP contribution is -2.39. The third-order valence-corrected chi connectivity index (χ3v) is 6.41. The molecule has 0 spiro atoms. The largest absolute Gasteiger partial charge is 0.238 e.